The molecule has 0 spiro atoms. The molecule has 1 aliphatic heterocycles. The Balaban J connectivity index is 1.31. The van der Waals surface area contributed by atoms with Gasteiger partial charge in [-0.15, -0.1) is 0 Å². The lowest BCUT2D eigenvalue weighted by atomic mass is 9.76. The maximum atomic E-state index is 13.1. The molecule has 2 aliphatic rings. The number of ether oxygens (including phenoxy) is 1. The van der Waals surface area contributed by atoms with Gasteiger partial charge in [-0.1, -0.05) is 42.5 Å². The third-order valence-electron chi connectivity index (χ3n) is 6.62. The maximum absolute atomic E-state index is 13.1. The van der Waals surface area contributed by atoms with E-state index >= 15 is 0 Å². The number of nitrogens with one attached hydrogen (secondary N) is 2. The van der Waals surface area contributed by atoms with Gasteiger partial charge >= 0.3 is 5.97 Å². The van der Waals surface area contributed by atoms with E-state index < -0.39 is 0 Å². The molecule has 1 saturated heterocycles. The molecule has 1 heterocycles. The zero-order valence-electron chi connectivity index (χ0n) is 19.2. The summed E-state index contributed by atoms with van der Waals surface area (Å²) in [4.78, 5) is 39.1. The zero-order valence-corrected chi connectivity index (χ0v) is 20.0. The molecule has 2 aromatic carbocycles. The van der Waals surface area contributed by atoms with Crippen molar-refractivity contribution in [1.82, 2.24) is 15.5 Å². The van der Waals surface area contributed by atoms with Crippen molar-refractivity contribution in [3.63, 3.8) is 0 Å². The first-order chi connectivity index (χ1) is 16.5. The highest BCUT2D eigenvalue weighted by Gasteiger charge is 2.44. The van der Waals surface area contributed by atoms with Crippen molar-refractivity contribution in [3.8, 4) is 0 Å². The minimum Gasteiger partial charge on any atom is -0.469 e. The van der Waals surface area contributed by atoms with Gasteiger partial charge in [0.15, 0.2) is 5.11 Å². The minimum atomic E-state index is -0.231. The Hall–Kier alpha value is -3.26. The summed E-state index contributed by atoms with van der Waals surface area (Å²) in [6, 6.07) is 17.1. The van der Waals surface area contributed by atoms with Crippen LogP contribution in [0, 0.1) is 11.8 Å². The number of benzene rings is 2. The Labute approximate surface area is 204 Å². The number of rotatable bonds is 7. The molecule has 178 valence electrons. The second-order valence-electron chi connectivity index (χ2n) is 8.81. The normalized spacial score (nSPS) is 21.9. The molecule has 1 saturated carbocycles. The number of nitrogens with zero attached hydrogens (tertiary/aromatic N) is 1. The largest absolute Gasteiger partial charge is 0.469 e. The molecule has 1 aliphatic carbocycles. The van der Waals surface area contributed by atoms with Gasteiger partial charge in [-0.2, -0.15) is 0 Å². The highest BCUT2D eigenvalue weighted by Crippen LogP contribution is 2.34. The van der Waals surface area contributed by atoms with E-state index in [0.717, 1.165) is 12.0 Å². The smallest absolute Gasteiger partial charge is 0.308 e. The lowest BCUT2D eigenvalue weighted by Crippen LogP contribution is -2.61. The number of thiocarbonyl (C=S) groups is 1. The zero-order chi connectivity index (χ0) is 24.1. The molecule has 2 amide bonds. The van der Waals surface area contributed by atoms with E-state index in [1.807, 2.05) is 42.5 Å². The molecule has 2 N–H and O–H groups in total. The van der Waals surface area contributed by atoms with Gasteiger partial charge in [-0.05, 0) is 61.2 Å². The van der Waals surface area contributed by atoms with Gasteiger partial charge in [-0.3, -0.25) is 19.3 Å². The van der Waals surface area contributed by atoms with Crippen LogP contribution in [0.4, 0.5) is 0 Å². The van der Waals surface area contributed by atoms with E-state index in [1.54, 1.807) is 17.0 Å². The SMILES string of the molecule is COC(=O)C1CCC2C(=O)N(Cc3ccc(C(=O)NCCc4ccccc4)cc3)C(=S)NC2C1. The van der Waals surface area contributed by atoms with Gasteiger partial charge < -0.3 is 15.4 Å². The van der Waals surface area contributed by atoms with Crippen molar-refractivity contribution in [3.05, 3.63) is 71.3 Å². The summed E-state index contributed by atoms with van der Waals surface area (Å²) in [5, 5.41) is 6.58. The van der Waals surface area contributed by atoms with E-state index in [0.29, 0.717) is 43.0 Å². The quantitative estimate of drug-likeness (QED) is 0.469. The Morgan fingerprint density at radius 3 is 2.53 bits per heavy atom. The molecule has 3 unspecified atom stereocenters. The average molecular weight is 480 g/mol. The van der Waals surface area contributed by atoms with Crippen LogP contribution in [0.2, 0.25) is 0 Å². The minimum absolute atomic E-state index is 0.0141. The standard InChI is InChI=1S/C26H29N3O4S/c1-33-25(32)20-11-12-21-22(15-20)28-26(34)29(24(21)31)16-18-7-9-19(10-8-18)23(30)27-14-13-17-5-3-2-4-6-17/h2-10,20-22H,11-16H2,1H3,(H,27,30)(H,28,34). The highest BCUT2D eigenvalue weighted by molar-refractivity contribution is 7.80. The Kier molecular flexibility index (Phi) is 7.57. The van der Waals surface area contributed by atoms with Crippen LogP contribution in [-0.4, -0.2) is 47.5 Å². The van der Waals surface area contributed by atoms with Crippen LogP contribution in [-0.2, 0) is 27.3 Å². The molecule has 34 heavy (non-hydrogen) atoms. The van der Waals surface area contributed by atoms with Crippen LogP contribution < -0.4 is 10.6 Å². The summed E-state index contributed by atoms with van der Waals surface area (Å²) >= 11 is 5.47. The Morgan fingerprint density at radius 2 is 1.82 bits per heavy atom. The molecular weight excluding hydrogens is 450 g/mol. The van der Waals surface area contributed by atoms with Crippen LogP contribution in [0.5, 0.6) is 0 Å². The van der Waals surface area contributed by atoms with Crippen LogP contribution in [0.1, 0.15) is 40.7 Å². The molecule has 2 aromatic rings. The Bertz CT molecular complexity index is 1060. The van der Waals surface area contributed by atoms with Crippen molar-refractivity contribution in [2.24, 2.45) is 11.8 Å². The first kappa shape index (κ1) is 23.9. The highest BCUT2D eigenvalue weighted by atomic mass is 32.1. The van der Waals surface area contributed by atoms with Crippen molar-refractivity contribution >= 4 is 35.1 Å². The molecule has 7 nitrogen and oxygen atoms in total. The van der Waals surface area contributed by atoms with Gasteiger partial charge in [0, 0.05) is 18.2 Å². The molecule has 8 heteroatoms. The predicted molar refractivity (Wildman–Crippen MR) is 132 cm³/mol. The second-order valence-corrected chi connectivity index (χ2v) is 9.20. The summed E-state index contributed by atoms with van der Waals surface area (Å²) in [5.74, 6) is -0.779. The lowest BCUT2D eigenvalue weighted by Gasteiger charge is -2.43. The maximum Gasteiger partial charge on any atom is 0.308 e. The number of hydrogen-bond donors (Lipinski definition) is 2. The van der Waals surface area contributed by atoms with E-state index in [-0.39, 0.29) is 35.7 Å². The fraction of sp³-hybridized carbons (Fsp3) is 0.385. The number of hydrogen-bond acceptors (Lipinski definition) is 5. The van der Waals surface area contributed by atoms with Gasteiger partial charge in [0.1, 0.15) is 0 Å². The van der Waals surface area contributed by atoms with E-state index in [4.69, 9.17) is 17.0 Å². The number of carbonyl (C=O) groups excluding carboxylic acids is 3. The average Bonchev–Trinajstić information content (AvgIpc) is 2.86. The summed E-state index contributed by atoms with van der Waals surface area (Å²) < 4.78 is 4.87. The summed E-state index contributed by atoms with van der Waals surface area (Å²) in [6.07, 6.45) is 2.58. The number of fused-ring (bicyclic) bond motifs is 1. The van der Waals surface area contributed by atoms with Crippen LogP contribution in [0.25, 0.3) is 0 Å². The van der Waals surface area contributed by atoms with Crippen molar-refractivity contribution < 1.29 is 19.1 Å². The monoisotopic (exact) mass is 479 g/mol. The number of amides is 2. The summed E-state index contributed by atoms with van der Waals surface area (Å²) in [5.41, 5.74) is 2.64. The summed E-state index contributed by atoms with van der Waals surface area (Å²) in [7, 11) is 1.39. The molecule has 2 fully saturated rings. The van der Waals surface area contributed by atoms with E-state index in [2.05, 4.69) is 10.6 Å². The molecular formula is C26H29N3O4S. The first-order valence-corrected chi connectivity index (χ1v) is 12.0. The van der Waals surface area contributed by atoms with Gasteiger partial charge in [0.2, 0.25) is 5.91 Å². The number of esters is 1. The molecule has 4 rings (SSSR count). The number of methoxy groups -OCH3 is 1. The molecule has 0 radical (unpaired) electrons. The fourth-order valence-electron chi connectivity index (χ4n) is 4.70. The van der Waals surface area contributed by atoms with Crippen LogP contribution in [0.15, 0.2) is 54.6 Å². The van der Waals surface area contributed by atoms with Gasteiger partial charge in [0.05, 0.1) is 25.5 Å². The van der Waals surface area contributed by atoms with E-state index in [1.165, 1.54) is 12.7 Å². The third-order valence-corrected chi connectivity index (χ3v) is 6.96. The topological polar surface area (TPSA) is 87.7 Å². The molecule has 0 aromatic heterocycles. The van der Waals surface area contributed by atoms with Gasteiger partial charge in [-0.25, -0.2) is 0 Å². The Morgan fingerprint density at radius 1 is 1.09 bits per heavy atom. The van der Waals surface area contributed by atoms with Crippen molar-refractivity contribution in [2.75, 3.05) is 13.7 Å². The van der Waals surface area contributed by atoms with Crippen LogP contribution >= 0.6 is 12.2 Å². The first-order valence-electron chi connectivity index (χ1n) is 11.6. The van der Waals surface area contributed by atoms with Crippen molar-refractivity contribution in [1.29, 1.82) is 0 Å². The molecule has 3 atom stereocenters. The van der Waals surface area contributed by atoms with Crippen LogP contribution in [0.3, 0.4) is 0 Å². The van der Waals surface area contributed by atoms with Crippen molar-refractivity contribution in [2.45, 2.75) is 38.3 Å². The third kappa shape index (κ3) is 5.44. The number of carbonyl (C=O) groups is 3. The summed E-state index contributed by atoms with van der Waals surface area (Å²) in [6.45, 7) is 0.899. The predicted octanol–water partition coefficient (Wildman–Crippen LogP) is 2.83. The van der Waals surface area contributed by atoms with Gasteiger partial charge in [0.25, 0.3) is 5.91 Å². The second kappa shape index (κ2) is 10.8. The molecule has 0 bridgehead atoms. The fourth-order valence-corrected chi connectivity index (χ4v) is 5.01. The van der Waals surface area contributed by atoms with E-state index in [9.17, 15) is 14.4 Å². The lowest BCUT2D eigenvalue weighted by molar-refractivity contribution is -0.149.